The number of rotatable bonds is 2. The summed E-state index contributed by atoms with van der Waals surface area (Å²) in [5.74, 6) is 0. The van der Waals surface area contributed by atoms with Gasteiger partial charge in [0.1, 0.15) is 0 Å². The fourth-order valence-electron chi connectivity index (χ4n) is 2.18. The van der Waals surface area contributed by atoms with E-state index < -0.39 is 0 Å². The average molecular weight is 318 g/mol. The highest BCUT2D eigenvalue weighted by Crippen LogP contribution is 2.28. The third-order valence-electron chi connectivity index (χ3n) is 3.23. The second-order valence-electron chi connectivity index (χ2n) is 4.56. The molecule has 1 aromatic rings. The van der Waals surface area contributed by atoms with E-state index in [1.807, 2.05) is 0 Å². The lowest BCUT2D eigenvalue weighted by Crippen LogP contribution is -2.28. The minimum Gasteiger partial charge on any atom is -0.369 e. The van der Waals surface area contributed by atoms with E-state index in [-0.39, 0.29) is 0 Å². The fourth-order valence-corrected chi connectivity index (χ4v) is 2.85. The quantitative estimate of drug-likeness (QED) is 0.772. The van der Waals surface area contributed by atoms with Crippen molar-refractivity contribution in [1.82, 2.24) is 4.90 Å². The van der Waals surface area contributed by atoms with Crippen molar-refractivity contribution in [2.24, 2.45) is 0 Å². The Bertz CT molecular complexity index is 384. The van der Waals surface area contributed by atoms with Gasteiger partial charge in [-0.3, -0.25) is 0 Å². The van der Waals surface area contributed by atoms with Crippen LogP contribution in [-0.2, 0) is 5.33 Å². The van der Waals surface area contributed by atoms with Crippen LogP contribution in [0.5, 0.6) is 0 Å². The van der Waals surface area contributed by atoms with Gasteiger partial charge in [-0.15, -0.1) is 0 Å². The van der Waals surface area contributed by atoms with Gasteiger partial charge in [0, 0.05) is 25.0 Å². The Hall–Kier alpha value is -0.250. The van der Waals surface area contributed by atoms with Gasteiger partial charge in [0.25, 0.3) is 0 Å². The molecule has 1 saturated heterocycles. The zero-order valence-electron chi connectivity index (χ0n) is 10.1. The summed E-state index contributed by atoms with van der Waals surface area (Å²) in [5, 5.41) is 1.72. The molecule has 0 spiro atoms. The lowest BCUT2D eigenvalue weighted by Gasteiger charge is -2.24. The Morgan fingerprint density at radius 3 is 2.76 bits per heavy atom. The monoisotopic (exact) mass is 316 g/mol. The molecule has 1 aliphatic rings. The molecule has 0 saturated carbocycles. The first-order chi connectivity index (χ1) is 8.20. The molecule has 2 rings (SSSR count). The van der Waals surface area contributed by atoms with Gasteiger partial charge in [0.05, 0.1) is 10.7 Å². The van der Waals surface area contributed by atoms with E-state index in [1.54, 1.807) is 0 Å². The van der Waals surface area contributed by atoms with Crippen LogP contribution < -0.4 is 4.90 Å². The largest absolute Gasteiger partial charge is 0.369 e. The summed E-state index contributed by atoms with van der Waals surface area (Å²) in [4.78, 5) is 4.77. The molecule has 94 valence electrons. The Morgan fingerprint density at radius 2 is 2.06 bits per heavy atom. The first kappa shape index (κ1) is 13.2. The second kappa shape index (κ2) is 6.07. The number of hydrogen-bond acceptors (Lipinski definition) is 2. The highest BCUT2D eigenvalue weighted by Gasteiger charge is 2.14. The summed E-state index contributed by atoms with van der Waals surface area (Å²) in [5.41, 5.74) is 2.40. The summed E-state index contributed by atoms with van der Waals surface area (Å²) >= 11 is 9.81. The molecule has 0 aliphatic carbocycles. The van der Waals surface area contributed by atoms with Crippen molar-refractivity contribution in [3.63, 3.8) is 0 Å². The van der Waals surface area contributed by atoms with Crippen molar-refractivity contribution >= 4 is 33.2 Å². The molecule has 1 heterocycles. The fraction of sp³-hybridized carbons (Fsp3) is 0.538. The highest BCUT2D eigenvalue weighted by molar-refractivity contribution is 9.08. The third kappa shape index (κ3) is 3.36. The molecule has 0 atom stereocenters. The van der Waals surface area contributed by atoms with Crippen molar-refractivity contribution in [2.75, 3.05) is 38.1 Å². The maximum Gasteiger partial charge on any atom is 0.0642 e. The molecule has 0 amide bonds. The minimum atomic E-state index is 0.857. The number of alkyl halides is 1. The normalized spacial score (nSPS) is 18.2. The van der Waals surface area contributed by atoms with Crippen LogP contribution in [0.1, 0.15) is 12.0 Å². The second-order valence-corrected chi connectivity index (χ2v) is 5.53. The molecule has 0 bridgehead atoms. The van der Waals surface area contributed by atoms with Crippen LogP contribution in [-0.4, -0.2) is 38.1 Å². The molecule has 1 fully saturated rings. The molecule has 17 heavy (non-hydrogen) atoms. The first-order valence-corrected chi connectivity index (χ1v) is 7.48. The SMILES string of the molecule is CN1CCCN(c2ccc(CBr)cc2Cl)CC1. The van der Waals surface area contributed by atoms with Crippen molar-refractivity contribution < 1.29 is 0 Å². The average Bonchev–Trinajstić information content (AvgIpc) is 2.54. The number of hydrogen-bond donors (Lipinski definition) is 0. The summed E-state index contributed by atoms with van der Waals surface area (Å²) in [6, 6.07) is 6.34. The van der Waals surface area contributed by atoms with Crippen LogP contribution >= 0.6 is 27.5 Å². The number of anilines is 1. The predicted molar refractivity (Wildman–Crippen MR) is 78.4 cm³/mol. The van der Waals surface area contributed by atoms with E-state index >= 15 is 0 Å². The van der Waals surface area contributed by atoms with E-state index in [9.17, 15) is 0 Å². The smallest absolute Gasteiger partial charge is 0.0642 e. The summed E-state index contributed by atoms with van der Waals surface area (Å²) in [6.07, 6.45) is 1.20. The molecule has 0 aromatic heterocycles. The summed E-state index contributed by atoms with van der Waals surface area (Å²) in [7, 11) is 2.18. The molecule has 1 aliphatic heterocycles. The van der Waals surface area contributed by atoms with Crippen molar-refractivity contribution in [3.05, 3.63) is 28.8 Å². The summed E-state index contributed by atoms with van der Waals surface area (Å²) in [6.45, 7) is 4.44. The lowest BCUT2D eigenvalue weighted by molar-refractivity contribution is 0.360. The molecule has 0 radical (unpaired) electrons. The van der Waals surface area contributed by atoms with E-state index in [0.717, 1.165) is 30.0 Å². The Kier molecular flexibility index (Phi) is 4.71. The van der Waals surface area contributed by atoms with Crippen LogP contribution in [0.15, 0.2) is 18.2 Å². The molecule has 2 nitrogen and oxygen atoms in total. The van der Waals surface area contributed by atoms with Gasteiger partial charge < -0.3 is 9.80 Å². The standard InChI is InChI=1S/C13H18BrClN2/c1-16-5-2-6-17(8-7-16)13-4-3-11(10-14)9-12(13)15/h3-4,9H,2,5-8,10H2,1H3. The first-order valence-electron chi connectivity index (χ1n) is 5.98. The van der Waals surface area contributed by atoms with Crippen molar-refractivity contribution in [2.45, 2.75) is 11.8 Å². The van der Waals surface area contributed by atoms with Gasteiger partial charge in [-0.2, -0.15) is 0 Å². The Morgan fingerprint density at radius 1 is 1.24 bits per heavy atom. The predicted octanol–water partition coefficient (Wildman–Crippen LogP) is 3.38. The highest BCUT2D eigenvalue weighted by atomic mass is 79.9. The van der Waals surface area contributed by atoms with Gasteiger partial charge in [0.2, 0.25) is 0 Å². The van der Waals surface area contributed by atoms with Crippen LogP contribution in [0, 0.1) is 0 Å². The lowest BCUT2D eigenvalue weighted by atomic mass is 10.2. The molecular weight excluding hydrogens is 300 g/mol. The zero-order chi connectivity index (χ0) is 12.3. The maximum absolute atomic E-state index is 6.36. The van der Waals surface area contributed by atoms with E-state index in [1.165, 1.54) is 24.2 Å². The zero-order valence-corrected chi connectivity index (χ0v) is 12.5. The van der Waals surface area contributed by atoms with Gasteiger partial charge in [-0.25, -0.2) is 0 Å². The van der Waals surface area contributed by atoms with E-state index in [0.29, 0.717) is 0 Å². The van der Waals surface area contributed by atoms with Gasteiger partial charge in [-0.05, 0) is 37.7 Å². The van der Waals surface area contributed by atoms with Crippen LogP contribution in [0.3, 0.4) is 0 Å². The van der Waals surface area contributed by atoms with Crippen LogP contribution in [0.2, 0.25) is 5.02 Å². The molecule has 4 heteroatoms. The number of halogens is 2. The molecule has 0 N–H and O–H groups in total. The molecular formula is C13H18BrClN2. The maximum atomic E-state index is 6.36. The number of nitrogens with zero attached hydrogens (tertiary/aromatic N) is 2. The number of likely N-dealkylation sites (N-methyl/N-ethyl adjacent to an activating group) is 1. The summed E-state index contributed by atoms with van der Waals surface area (Å²) < 4.78 is 0. The van der Waals surface area contributed by atoms with Crippen LogP contribution in [0.4, 0.5) is 5.69 Å². The topological polar surface area (TPSA) is 6.48 Å². The van der Waals surface area contributed by atoms with Gasteiger partial charge >= 0.3 is 0 Å². The van der Waals surface area contributed by atoms with Gasteiger partial charge in [-0.1, -0.05) is 33.6 Å². The molecule has 1 aromatic carbocycles. The minimum absolute atomic E-state index is 0.857. The number of benzene rings is 1. The Labute approximate surface area is 117 Å². The van der Waals surface area contributed by atoms with E-state index in [2.05, 4.69) is 51.0 Å². The van der Waals surface area contributed by atoms with Crippen LogP contribution in [0.25, 0.3) is 0 Å². The Balaban J connectivity index is 2.15. The van der Waals surface area contributed by atoms with Gasteiger partial charge in [0.15, 0.2) is 0 Å². The van der Waals surface area contributed by atoms with E-state index in [4.69, 9.17) is 11.6 Å². The van der Waals surface area contributed by atoms with Crippen molar-refractivity contribution in [1.29, 1.82) is 0 Å². The third-order valence-corrected chi connectivity index (χ3v) is 4.18. The van der Waals surface area contributed by atoms with Crippen molar-refractivity contribution in [3.8, 4) is 0 Å². The molecule has 0 unspecified atom stereocenters.